The molecule has 2 aromatic rings. The molecule has 142 valence electrons. The van der Waals surface area contributed by atoms with Crippen LogP contribution in [0.25, 0.3) is 11.1 Å². The van der Waals surface area contributed by atoms with Crippen molar-refractivity contribution >= 4 is 17.6 Å². The third-order valence-electron chi connectivity index (χ3n) is 5.30. The Balaban J connectivity index is 1.83. The molecule has 2 saturated heterocycles. The summed E-state index contributed by atoms with van der Waals surface area (Å²) < 4.78 is 18.9. The average molecular weight is 394 g/mol. The maximum absolute atomic E-state index is 13.4. The largest absolute Gasteiger partial charge is 0.381 e. The first-order valence-electron chi connectivity index (χ1n) is 9.15. The van der Waals surface area contributed by atoms with Gasteiger partial charge in [0.25, 0.3) is 0 Å². The molecular formula is C21H19FN4OS. The quantitative estimate of drug-likeness (QED) is 0.733. The van der Waals surface area contributed by atoms with Crippen LogP contribution >= 0.6 is 11.8 Å². The molecule has 4 rings (SSSR count). The second kappa shape index (κ2) is 7.79. The van der Waals surface area contributed by atoms with Gasteiger partial charge in [0.05, 0.1) is 25.3 Å². The molecule has 2 aliphatic heterocycles. The molecule has 7 heteroatoms. The SMILES string of the molecule is CSc1nc(N2CC(F)C2)c(C#N)c(-c2ccc([C@@H]3CCOC3)cc2)c1C#N. The molecular weight excluding hydrogens is 375 g/mol. The minimum Gasteiger partial charge on any atom is -0.381 e. The monoisotopic (exact) mass is 394 g/mol. The Morgan fingerprint density at radius 1 is 1.18 bits per heavy atom. The van der Waals surface area contributed by atoms with Gasteiger partial charge in [0.15, 0.2) is 0 Å². The fourth-order valence-corrected chi connectivity index (χ4v) is 4.27. The van der Waals surface area contributed by atoms with Crippen molar-refractivity contribution in [1.29, 1.82) is 10.5 Å². The van der Waals surface area contributed by atoms with E-state index in [1.807, 2.05) is 30.5 Å². The minimum absolute atomic E-state index is 0.224. The Hall–Kier alpha value is -2.61. The summed E-state index contributed by atoms with van der Waals surface area (Å²) >= 11 is 1.36. The first kappa shape index (κ1) is 18.7. The fourth-order valence-electron chi connectivity index (χ4n) is 3.74. The molecule has 2 fully saturated rings. The van der Waals surface area contributed by atoms with Crippen molar-refractivity contribution in [3.63, 3.8) is 0 Å². The molecule has 0 amide bonds. The Bertz CT molecular complexity index is 968. The lowest BCUT2D eigenvalue weighted by Gasteiger charge is -2.36. The summed E-state index contributed by atoms with van der Waals surface area (Å²) in [5.41, 5.74) is 3.30. The molecule has 0 spiro atoms. The van der Waals surface area contributed by atoms with Gasteiger partial charge in [-0.05, 0) is 23.8 Å². The lowest BCUT2D eigenvalue weighted by molar-refractivity contribution is 0.194. The maximum atomic E-state index is 13.4. The van der Waals surface area contributed by atoms with Crippen molar-refractivity contribution < 1.29 is 9.13 Å². The Morgan fingerprint density at radius 2 is 1.89 bits per heavy atom. The van der Waals surface area contributed by atoms with Gasteiger partial charge in [0.2, 0.25) is 0 Å². The van der Waals surface area contributed by atoms with Crippen LogP contribution in [-0.4, -0.2) is 43.7 Å². The molecule has 2 aliphatic rings. The number of nitrogens with zero attached hydrogens (tertiary/aromatic N) is 4. The van der Waals surface area contributed by atoms with E-state index in [0.717, 1.165) is 25.2 Å². The summed E-state index contributed by atoms with van der Waals surface area (Å²) in [4.78, 5) is 6.28. The maximum Gasteiger partial charge on any atom is 0.148 e. The molecule has 0 unspecified atom stereocenters. The van der Waals surface area contributed by atoms with Crippen molar-refractivity contribution in [2.45, 2.75) is 23.5 Å². The molecule has 3 heterocycles. The third kappa shape index (κ3) is 3.22. The van der Waals surface area contributed by atoms with Crippen molar-refractivity contribution in [3.8, 4) is 23.3 Å². The number of nitriles is 2. The van der Waals surface area contributed by atoms with E-state index in [1.54, 1.807) is 4.90 Å². The number of hydrogen-bond donors (Lipinski definition) is 0. The van der Waals surface area contributed by atoms with Crippen molar-refractivity contribution in [3.05, 3.63) is 41.0 Å². The number of pyridine rings is 1. The van der Waals surface area contributed by atoms with Crippen LogP contribution < -0.4 is 4.90 Å². The average Bonchev–Trinajstić information content (AvgIpc) is 3.24. The summed E-state index contributed by atoms with van der Waals surface area (Å²) in [5, 5.41) is 20.2. The highest BCUT2D eigenvalue weighted by Gasteiger charge is 2.32. The predicted molar refractivity (Wildman–Crippen MR) is 106 cm³/mol. The van der Waals surface area contributed by atoms with E-state index in [0.29, 0.717) is 33.5 Å². The van der Waals surface area contributed by atoms with E-state index in [9.17, 15) is 14.9 Å². The highest BCUT2D eigenvalue weighted by atomic mass is 32.2. The summed E-state index contributed by atoms with van der Waals surface area (Å²) in [5.74, 6) is 0.847. The highest BCUT2D eigenvalue weighted by molar-refractivity contribution is 7.98. The van der Waals surface area contributed by atoms with E-state index in [1.165, 1.54) is 17.3 Å². The van der Waals surface area contributed by atoms with Gasteiger partial charge in [-0.15, -0.1) is 11.8 Å². The summed E-state index contributed by atoms with van der Waals surface area (Å²) in [6, 6.07) is 12.4. The van der Waals surface area contributed by atoms with Gasteiger partial charge < -0.3 is 9.64 Å². The van der Waals surface area contributed by atoms with E-state index >= 15 is 0 Å². The van der Waals surface area contributed by atoms with Crippen LogP contribution in [0.15, 0.2) is 29.3 Å². The van der Waals surface area contributed by atoms with E-state index in [4.69, 9.17) is 4.74 Å². The van der Waals surface area contributed by atoms with Crippen LogP contribution in [0.3, 0.4) is 0 Å². The van der Waals surface area contributed by atoms with Crippen LogP contribution in [0.1, 0.15) is 29.0 Å². The number of aromatic nitrogens is 1. The van der Waals surface area contributed by atoms with Gasteiger partial charge >= 0.3 is 0 Å². The molecule has 5 nitrogen and oxygen atoms in total. The van der Waals surface area contributed by atoms with Gasteiger partial charge in [-0.2, -0.15) is 10.5 Å². The molecule has 0 N–H and O–H groups in total. The molecule has 0 bridgehead atoms. The Kier molecular flexibility index (Phi) is 5.21. The lowest BCUT2D eigenvalue weighted by atomic mass is 9.92. The number of anilines is 1. The van der Waals surface area contributed by atoms with Gasteiger partial charge in [-0.25, -0.2) is 9.37 Å². The molecule has 1 aromatic heterocycles. The van der Waals surface area contributed by atoms with E-state index < -0.39 is 6.17 Å². The fraction of sp³-hybridized carbons (Fsp3) is 0.381. The first-order valence-corrected chi connectivity index (χ1v) is 10.4. The van der Waals surface area contributed by atoms with Gasteiger partial charge in [0, 0.05) is 18.1 Å². The Morgan fingerprint density at radius 3 is 2.43 bits per heavy atom. The molecule has 0 aliphatic carbocycles. The summed E-state index contributed by atoms with van der Waals surface area (Å²) in [6.45, 7) is 1.95. The summed E-state index contributed by atoms with van der Waals surface area (Å²) in [7, 11) is 0. The lowest BCUT2D eigenvalue weighted by Crippen LogP contribution is -2.49. The minimum atomic E-state index is -0.905. The number of halogens is 1. The van der Waals surface area contributed by atoms with Gasteiger partial charge in [-0.1, -0.05) is 24.3 Å². The topological polar surface area (TPSA) is 72.9 Å². The van der Waals surface area contributed by atoms with Crippen molar-refractivity contribution in [1.82, 2.24) is 4.98 Å². The number of alkyl halides is 1. The number of hydrogen-bond acceptors (Lipinski definition) is 6. The second-order valence-electron chi connectivity index (χ2n) is 6.98. The number of benzene rings is 1. The van der Waals surface area contributed by atoms with Gasteiger partial charge in [0.1, 0.15) is 34.7 Å². The van der Waals surface area contributed by atoms with Crippen LogP contribution in [0.4, 0.5) is 10.2 Å². The van der Waals surface area contributed by atoms with Crippen LogP contribution in [0, 0.1) is 22.7 Å². The Labute approximate surface area is 167 Å². The zero-order chi connectivity index (χ0) is 19.7. The molecule has 1 aromatic carbocycles. The molecule has 28 heavy (non-hydrogen) atoms. The van der Waals surface area contributed by atoms with Crippen LogP contribution in [0.5, 0.6) is 0 Å². The standard InChI is InChI=1S/C21H19FN4OS/c1-28-21-18(9-24)19(17(8-23)20(25-21)26-10-16(22)11-26)14-4-2-13(3-5-14)15-6-7-27-12-15/h2-5,15-16H,6-7,10-12H2,1H3/t15-/m1/s1. The molecule has 0 radical (unpaired) electrons. The molecule has 1 atom stereocenters. The third-order valence-corrected chi connectivity index (χ3v) is 5.98. The van der Waals surface area contributed by atoms with Gasteiger partial charge in [-0.3, -0.25) is 0 Å². The van der Waals surface area contributed by atoms with E-state index in [2.05, 4.69) is 17.1 Å². The zero-order valence-electron chi connectivity index (χ0n) is 15.5. The smallest absolute Gasteiger partial charge is 0.148 e. The second-order valence-corrected chi connectivity index (χ2v) is 7.77. The highest BCUT2D eigenvalue weighted by Crippen LogP contribution is 2.39. The normalized spacial score (nSPS) is 19.1. The van der Waals surface area contributed by atoms with Crippen LogP contribution in [0.2, 0.25) is 0 Å². The summed E-state index contributed by atoms with van der Waals surface area (Å²) in [6.07, 6.45) is 1.94. The van der Waals surface area contributed by atoms with Crippen LogP contribution in [-0.2, 0) is 4.74 Å². The van der Waals surface area contributed by atoms with Crippen molar-refractivity contribution in [2.75, 3.05) is 37.5 Å². The predicted octanol–water partition coefficient (Wildman–Crippen LogP) is 3.88. The number of ether oxygens (including phenoxy) is 1. The first-order chi connectivity index (χ1) is 13.7. The zero-order valence-corrected chi connectivity index (χ0v) is 16.3. The van der Waals surface area contributed by atoms with E-state index in [-0.39, 0.29) is 13.1 Å². The number of thioether (sulfide) groups is 1. The molecule has 0 saturated carbocycles. The number of rotatable bonds is 4. The van der Waals surface area contributed by atoms with Crippen molar-refractivity contribution in [2.24, 2.45) is 0 Å².